The van der Waals surface area contributed by atoms with Crippen LogP contribution in [0.1, 0.15) is 43.5 Å². The van der Waals surface area contributed by atoms with Gasteiger partial charge in [0.25, 0.3) is 5.91 Å². The maximum atomic E-state index is 12.9. The van der Waals surface area contributed by atoms with Crippen molar-refractivity contribution in [2.24, 2.45) is 11.8 Å². The summed E-state index contributed by atoms with van der Waals surface area (Å²) < 4.78 is 0. The third-order valence-electron chi connectivity index (χ3n) is 5.85. The maximum Gasteiger partial charge on any atom is 0.255 e. The predicted octanol–water partition coefficient (Wildman–Crippen LogP) is 2.86. The molecule has 0 aliphatic carbocycles. The van der Waals surface area contributed by atoms with Gasteiger partial charge in [0.1, 0.15) is 11.6 Å². The molecular weight excluding hydrogens is 364 g/mol. The summed E-state index contributed by atoms with van der Waals surface area (Å²) in [6.07, 6.45) is 6.01. The Bertz CT molecular complexity index is 708. The van der Waals surface area contributed by atoms with Crippen LogP contribution >= 0.6 is 0 Å². The van der Waals surface area contributed by atoms with Crippen molar-refractivity contribution in [1.82, 2.24) is 14.8 Å². The number of anilines is 1. The molecule has 1 aromatic rings. The van der Waals surface area contributed by atoms with Crippen LogP contribution in [0.25, 0.3) is 0 Å². The minimum absolute atomic E-state index is 0.0121. The molecule has 1 amide bonds. The van der Waals surface area contributed by atoms with Crippen LogP contribution in [0, 0.1) is 11.8 Å². The average Bonchev–Trinajstić information content (AvgIpc) is 2.74. The zero-order chi connectivity index (χ0) is 20.8. The second-order valence-electron chi connectivity index (χ2n) is 8.64. The van der Waals surface area contributed by atoms with E-state index in [0.717, 1.165) is 57.9 Å². The Kier molecular flexibility index (Phi) is 7.42. The first kappa shape index (κ1) is 21.5. The molecular formula is C23H34N4O2. The maximum absolute atomic E-state index is 12.9. The van der Waals surface area contributed by atoms with Crippen molar-refractivity contribution >= 4 is 17.5 Å². The highest BCUT2D eigenvalue weighted by molar-refractivity contribution is 5.94. The number of aromatic nitrogens is 1. The molecule has 29 heavy (non-hydrogen) atoms. The number of carbonyl (C=O) groups is 2. The number of rotatable bonds is 7. The third-order valence-corrected chi connectivity index (χ3v) is 5.85. The largest absolute Gasteiger partial charge is 0.354 e. The van der Waals surface area contributed by atoms with Gasteiger partial charge in [0.2, 0.25) is 0 Å². The molecule has 1 aromatic heterocycles. The number of carbonyl (C=O) groups excluding carboxylic acids is 2. The standard InChI is InChI=1S/C23H34N4O2/c1-4-9-25-11-13-26(14-12-25)22-8-7-19(16-24-22)23(29)27-10-5-6-20(17-27)21(28)15-18(2)3/h4,7-8,16,18,20H,1,5-6,9-15,17H2,2-3H3. The van der Waals surface area contributed by atoms with Gasteiger partial charge in [0.05, 0.1) is 5.56 Å². The topological polar surface area (TPSA) is 56.8 Å². The van der Waals surface area contributed by atoms with Crippen molar-refractivity contribution in [2.75, 3.05) is 50.7 Å². The molecule has 2 saturated heterocycles. The fraction of sp³-hybridized carbons (Fsp3) is 0.609. The normalized spacial score (nSPS) is 20.7. The van der Waals surface area contributed by atoms with E-state index in [0.29, 0.717) is 30.2 Å². The molecule has 0 N–H and O–H groups in total. The summed E-state index contributed by atoms with van der Waals surface area (Å²) in [7, 11) is 0. The molecule has 1 atom stereocenters. The van der Waals surface area contributed by atoms with Crippen LogP contribution in [0.15, 0.2) is 31.0 Å². The van der Waals surface area contributed by atoms with Crippen molar-refractivity contribution < 1.29 is 9.59 Å². The fourth-order valence-corrected chi connectivity index (χ4v) is 4.22. The summed E-state index contributed by atoms with van der Waals surface area (Å²) in [6.45, 7) is 14.0. The number of likely N-dealkylation sites (tertiary alicyclic amines) is 1. The Hall–Kier alpha value is -2.21. The fourth-order valence-electron chi connectivity index (χ4n) is 4.22. The Morgan fingerprint density at radius 2 is 1.97 bits per heavy atom. The number of amides is 1. The minimum Gasteiger partial charge on any atom is -0.354 e. The van der Waals surface area contributed by atoms with Gasteiger partial charge in [-0.25, -0.2) is 4.98 Å². The lowest BCUT2D eigenvalue weighted by Crippen LogP contribution is -2.46. The van der Waals surface area contributed by atoms with E-state index in [1.54, 1.807) is 6.20 Å². The van der Waals surface area contributed by atoms with Crippen LogP contribution in [0.5, 0.6) is 0 Å². The summed E-state index contributed by atoms with van der Waals surface area (Å²) in [4.78, 5) is 36.4. The summed E-state index contributed by atoms with van der Waals surface area (Å²) in [5.41, 5.74) is 0.607. The van der Waals surface area contributed by atoms with E-state index in [1.165, 1.54) is 0 Å². The SMILES string of the molecule is C=CCN1CCN(c2ccc(C(=O)N3CCCC(C(=O)CC(C)C)C3)cn2)CC1. The first-order valence-electron chi connectivity index (χ1n) is 10.8. The molecule has 3 heterocycles. The zero-order valence-electron chi connectivity index (χ0n) is 17.8. The molecule has 2 aliphatic heterocycles. The molecule has 0 radical (unpaired) electrons. The van der Waals surface area contributed by atoms with E-state index in [9.17, 15) is 9.59 Å². The van der Waals surface area contributed by atoms with Crippen LogP contribution in [0.2, 0.25) is 0 Å². The van der Waals surface area contributed by atoms with Gasteiger partial charge in [-0.15, -0.1) is 6.58 Å². The van der Waals surface area contributed by atoms with Crippen LogP contribution in [0.3, 0.4) is 0 Å². The van der Waals surface area contributed by atoms with Gasteiger partial charge in [0.15, 0.2) is 0 Å². The highest BCUT2D eigenvalue weighted by atomic mass is 16.2. The van der Waals surface area contributed by atoms with Crippen LogP contribution in [-0.4, -0.2) is 72.3 Å². The van der Waals surface area contributed by atoms with Gasteiger partial charge in [-0.2, -0.15) is 0 Å². The van der Waals surface area contributed by atoms with Gasteiger partial charge in [0, 0.05) is 64.3 Å². The molecule has 0 bridgehead atoms. The average molecular weight is 399 g/mol. The summed E-state index contributed by atoms with van der Waals surface area (Å²) in [6, 6.07) is 3.82. The smallest absolute Gasteiger partial charge is 0.255 e. The van der Waals surface area contributed by atoms with Gasteiger partial charge in [-0.3, -0.25) is 14.5 Å². The molecule has 1 unspecified atom stereocenters. The highest BCUT2D eigenvalue weighted by Crippen LogP contribution is 2.22. The minimum atomic E-state index is -0.0193. The molecule has 158 valence electrons. The van der Waals surface area contributed by atoms with Gasteiger partial charge >= 0.3 is 0 Å². The Morgan fingerprint density at radius 1 is 1.21 bits per heavy atom. The second-order valence-corrected chi connectivity index (χ2v) is 8.64. The Morgan fingerprint density at radius 3 is 2.59 bits per heavy atom. The molecule has 2 fully saturated rings. The highest BCUT2D eigenvalue weighted by Gasteiger charge is 2.29. The number of hydrogen-bond donors (Lipinski definition) is 0. The van der Waals surface area contributed by atoms with E-state index >= 15 is 0 Å². The molecule has 0 aromatic carbocycles. The van der Waals surface area contributed by atoms with Gasteiger partial charge in [-0.1, -0.05) is 19.9 Å². The van der Waals surface area contributed by atoms with Crippen molar-refractivity contribution in [3.05, 3.63) is 36.5 Å². The van der Waals surface area contributed by atoms with Crippen LogP contribution in [-0.2, 0) is 4.79 Å². The predicted molar refractivity (Wildman–Crippen MR) is 116 cm³/mol. The third kappa shape index (κ3) is 5.66. The van der Waals surface area contributed by atoms with E-state index in [2.05, 4.69) is 35.2 Å². The monoisotopic (exact) mass is 398 g/mol. The first-order chi connectivity index (χ1) is 14.0. The zero-order valence-corrected chi connectivity index (χ0v) is 17.8. The quantitative estimate of drug-likeness (QED) is 0.661. The molecule has 0 saturated carbocycles. The van der Waals surface area contributed by atoms with E-state index < -0.39 is 0 Å². The number of Topliss-reactive ketones (excluding diaryl/α,β-unsaturated/α-hetero) is 1. The number of nitrogens with zero attached hydrogens (tertiary/aromatic N) is 4. The van der Waals surface area contributed by atoms with Crippen molar-refractivity contribution in [1.29, 1.82) is 0 Å². The lowest BCUT2D eigenvalue weighted by Gasteiger charge is -2.35. The van der Waals surface area contributed by atoms with Crippen LogP contribution < -0.4 is 4.90 Å². The summed E-state index contributed by atoms with van der Waals surface area (Å²) in [5.74, 6) is 1.55. The lowest BCUT2D eigenvalue weighted by molar-refractivity contribution is -0.124. The Labute approximate surface area is 174 Å². The second kappa shape index (κ2) is 10.0. The number of pyridine rings is 1. The van der Waals surface area contributed by atoms with E-state index in [4.69, 9.17) is 0 Å². The van der Waals surface area contributed by atoms with Crippen molar-refractivity contribution in [2.45, 2.75) is 33.1 Å². The number of hydrogen-bond acceptors (Lipinski definition) is 5. The lowest BCUT2D eigenvalue weighted by atomic mass is 9.89. The van der Waals surface area contributed by atoms with Gasteiger partial charge in [-0.05, 0) is 30.9 Å². The van der Waals surface area contributed by atoms with Crippen molar-refractivity contribution in [3.8, 4) is 0 Å². The van der Waals surface area contributed by atoms with E-state index in [1.807, 2.05) is 23.1 Å². The molecule has 0 spiro atoms. The number of ketones is 1. The molecule has 3 rings (SSSR count). The molecule has 6 nitrogen and oxygen atoms in total. The summed E-state index contributed by atoms with van der Waals surface area (Å²) in [5, 5.41) is 0. The molecule has 2 aliphatic rings. The first-order valence-corrected chi connectivity index (χ1v) is 10.8. The number of piperidine rings is 1. The number of piperazine rings is 1. The molecule has 6 heteroatoms. The van der Waals surface area contributed by atoms with Gasteiger partial charge < -0.3 is 9.80 Å². The Balaban J connectivity index is 1.57. The van der Waals surface area contributed by atoms with E-state index in [-0.39, 0.29) is 11.8 Å². The summed E-state index contributed by atoms with van der Waals surface area (Å²) >= 11 is 0. The van der Waals surface area contributed by atoms with Crippen LogP contribution in [0.4, 0.5) is 5.82 Å². The van der Waals surface area contributed by atoms with Crippen molar-refractivity contribution in [3.63, 3.8) is 0 Å².